The molecule has 3 atom stereocenters. The highest BCUT2D eigenvalue weighted by Gasteiger charge is 2.24. The number of likely N-dealkylation sites (N-methyl/N-ethyl adjacent to an activating group) is 1. The molecule has 0 heterocycles. The molecule has 0 aromatic rings. The molecule has 9 heteroatoms. The standard InChI is InChI=1S/C73H147N2O6P/c1-6-8-10-12-14-16-18-20-22-24-26-27-28-29-30-31-32-33-34-35-36-37-38-39-40-41-42-43-44-45-46-47-49-51-53-55-57-59-61-63-65-67-73(77)74-71(70-81-82(78,79)80-69-68-75(3,4)5)72(76)66-64-62-60-58-56-54-52-50-48-25-23-21-19-17-15-13-11-9-7-2/h24,26,71-72,76H,6-23,25,27-70H2,1-5H3,(H-,74,77,78,79)/b26-24-. The molecular formula is C73H147N2O6P. The maximum Gasteiger partial charge on any atom is 0.268 e. The summed E-state index contributed by atoms with van der Waals surface area (Å²) in [6.07, 6.45) is 83.2. The Balaban J connectivity index is 3.83. The zero-order valence-electron chi connectivity index (χ0n) is 56.2. The number of phosphoric acid groups is 1. The highest BCUT2D eigenvalue weighted by atomic mass is 31.2. The molecule has 0 saturated heterocycles. The number of hydrogen-bond donors (Lipinski definition) is 2. The van der Waals surface area contributed by atoms with Crippen molar-refractivity contribution in [2.24, 2.45) is 0 Å². The molecule has 0 aliphatic carbocycles. The second-order valence-corrected chi connectivity index (χ2v) is 28.4. The van der Waals surface area contributed by atoms with Gasteiger partial charge >= 0.3 is 0 Å². The summed E-state index contributed by atoms with van der Waals surface area (Å²) in [5.41, 5.74) is 0. The Labute approximate surface area is 513 Å². The van der Waals surface area contributed by atoms with Crippen molar-refractivity contribution in [3.8, 4) is 0 Å². The van der Waals surface area contributed by atoms with E-state index in [1.54, 1.807) is 0 Å². The number of amides is 1. The van der Waals surface area contributed by atoms with Gasteiger partial charge in [-0.2, -0.15) is 0 Å². The van der Waals surface area contributed by atoms with Crippen LogP contribution >= 0.6 is 7.82 Å². The number of aliphatic hydroxyl groups is 1. The zero-order chi connectivity index (χ0) is 59.8. The van der Waals surface area contributed by atoms with Crippen LogP contribution in [0.5, 0.6) is 0 Å². The predicted octanol–water partition coefficient (Wildman–Crippen LogP) is 23.0. The van der Waals surface area contributed by atoms with Gasteiger partial charge in [-0.3, -0.25) is 9.36 Å². The number of phosphoric ester groups is 1. The van der Waals surface area contributed by atoms with Gasteiger partial charge in [0, 0.05) is 6.42 Å². The molecule has 0 aromatic carbocycles. The molecule has 1 amide bonds. The van der Waals surface area contributed by atoms with Crippen LogP contribution < -0.4 is 10.2 Å². The van der Waals surface area contributed by atoms with E-state index in [9.17, 15) is 19.4 Å². The highest BCUT2D eigenvalue weighted by Crippen LogP contribution is 2.38. The van der Waals surface area contributed by atoms with Crippen LogP contribution in [0.15, 0.2) is 12.2 Å². The number of carbonyl (C=O) groups excluding carboxylic acids is 1. The Hall–Kier alpha value is -0.760. The first-order valence-corrected chi connectivity index (χ1v) is 38.5. The second-order valence-electron chi connectivity index (χ2n) is 27.0. The van der Waals surface area contributed by atoms with Gasteiger partial charge < -0.3 is 28.8 Å². The number of allylic oxidation sites excluding steroid dienone is 2. The van der Waals surface area contributed by atoms with E-state index in [0.717, 1.165) is 38.5 Å². The number of unbranched alkanes of at least 4 members (excludes halogenated alkanes) is 55. The molecule has 2 N–H and O–H groups in total. The van der Waals surface area contributed by atoms with E-state index in [-0.39, 0.29) is 19.1 Å². The number of hydrogen-bond acceptors (Lipinski definition) is 6. The fourth-order valence-corrected chi connectivity index (χ4v) is 12.5. The van der Waals surface area contributed by atoms with Crippen molar-refractivity contribution in [1.29, 1.82) is 0 Å². The molecule has 0 spiro atoms. The molecule has 0 bridgehead atoms. The molecule has 0 aliphatic rings. The smallest absolute Gasteiger partial charge is 0.268 e. The van der Waals surface area contributed by atoms with Gasteiger partial charge in [0.15, 0.2) is 0 Å². The number of nitrogens with one attached hydrogen (secondary N) is 1. The molecule has 3 unspecified atom stereocenters. The minimum Gasteiger partial charge on any atom is -0.756 e. The topological polar surface area (TPSA) is 108 Å². The van der Waals surface area contributed by atoms with Crippen molar-refractivity contribution in [3.05, 3.63) is 12.2 Å². The van der Waals surface area contributed by atoms with E-state index < -0.39 is 20.0 Å². The molecular weight excluding hydrogens is 1030 g/mol. The number of aliphatic hydroxyl groups excluding tert-OH is 1. The van der Waals surface area contributed by atoms with Gasteiger partial charge in [-0.15, -0.1) is 0 Å². The van der Waals surface area contributed by atoms with Crippen molar-refractivity contribution in [2.75, 3.05) is 40.9 Å². The first-order valence-electron chi connectivity index (χ1n) is 37.0. The number of nitrogens with zero attached hydrogens (tertiary/aromatic N) is 1. The summed E-state index contributed by atoms with van der Waals surface area (Å²) < 4.78 is 23.5. The largest absolute Gasteiger partial charge is 0.756 e. The second kappa shape index (κ2) is 64.7. The van der Waals surface area contributed by atoms with Gasteiger partial charge in [-0.25, -0.2) is 0 Å². The van der Waals surface area contributed by atoms with Gasteiger partial charge in [0.1, 0.15) is 13.2 Å². The van der Waals surface area contributed by atoms with Gasteiger partial charge in [0.25, 0.3) is 7.82 Å². The lowest BCUT2D eigenvalue weighted by molar-refractivity contribution is -0.870. The van der Waals surface area contributed by atoms with Crippen molar-refractivity contribution in [3.63, 3.8) is 0 Å². The van der Waals surface area contributed by atoms with E-state index in [4.69, 9.17) is 9.05 Å². The minimum atomic E-state index is -4.57. The van der Waals surface area contributed by atoms with E-state index in [1.165, 1.54) is 334 Å². The molecule has 0 radical (unpaired) electrons. The Morgan fingerprint density at radius 1 is 0.415 bits per heavy atom. The summed E-state index contributed by atoms with van der Waals surface area (Å²) in [4.78, 5) is 25.6. The summed E-state index contributed by atoms with van der Waals surface area (Å²) in [6, 6.07) is -0.797. The SMILES string of the molecule is CCCCCCCCCC/C=C\CCCCCCCCCCCCCCCCCCCCCCCCCCCCCCCC(=O)NC(COP(=O)([O-])OCC[N+](C)(C)C)C(O)CCCCCCCCCCCCCCCCCCCCC. The fourth-order valence-electron chi connectivity index (χ4n) is 11.7. The Morgan fingerprint density at radius 3 is 0.951 bits per heavy atom. The summed E-state index contributed by atoms with van der Waals surface area (Å²) >= 11 is 0. The van der Waals surface area contributed by atoms with E-state index in [0.29, 0.717) is 23.9 Å². The maximum absolute atomic E-state index is 13.1. The van der Waals surface area contributed by atoms with Crippen LogP contribution in [0.1, 0.15) is 399 Å². The van der Waals surface area contributed by atoms with E-state index in [2.05, 4.69) is 31.3 Å². The first kappa shape index (κ1) is 81.2. The van der Waals surface area contributed by atoms with Crippen LogP contribution in [0.3, 0.4) is 0 Å². The molecule has 0 aromatic heterocycles. The Kier molecular flexibility index (Phi) is 64.1. The van der Waals surface area contributed by atoms with Crippen LogP contribution in [0.4, 0.5) is 0 Å². The van der Waals surface area contributed by atoms with Gasteiger partial charge in [0.05, 0.1) is 39.9 Å². The van der Waals surface area contributed by atoms with E-state index in [1.807, 2.05) is 21.1 Å². The third-order valence-electron chi connectivity index (χ3n) is 17.5. The van der Waals surface area contributed by atoms with Crippen molar-refractivity contribution in [2.45, 2.75) is 411 Å². The zero-order valence-corrected chi connectivity index (χ0v) is 57.1. The van der Waals surface area contributed by atoms with Gasteiger partial charge in [0.2, 0.25) is 5.91 Å². The average molecular weight is 1180 g/mol. The Morgan fingerprint density at radius 2 is 0.671 bits per heavy atom. The van der Waals surface area contributed by atoms with Crippen LogP contribution in [0, 0.1) is 0 Å². The lowest BCUT2D eigenvalue weighted by Gasteiger charge is -2.30. The molecule has 8 nitrogen and oxygen atoms in total. The monoisotopic (exact) mass is 1180 g/mol. The third-order valence-corrected chi connectivity index (χ3v) is 18.5. The molecule has 490 valence electrons. The summed E-state index contributed by atoms with van der Waals surface area (Å²) in [5, 5.41) is 14.1. The van der Waals surface area contributed by atoms with Crippen LogP contribution in [-0.4, -0.2) is 68.5 Å². The predicted molar refractivity (Wildman–Crippen MR) is 358 cm³/mol. The van der Waals surface area contributed by atoms with Crippen LogP contribution in [-0.2, 0) is 18.4 Å². The van der Waals surface area contributed by atoms with Crippen LogP contribution in [0.2, 0.25) is 0 Å². The van der Waals surface area contributed by atoms with Gasteiger partial charge in [-0.05, 0) is 38.5 Å². The van der Waals surface area contributed by atoms with E-state index >= 15 is 0 Å². The molecule has 82 heavy (non-hydrogen) atoms. The molecule has 0 rings (SSSR count). The Bertz CT molecular complexity index is 1340. The van der Waals surface area contributed by atoms with Gasteiger partial charge in [-0.1, -0.05) is 366 Å². The molecule has 0 saturated carbocycles. The maximum atomic E-state index is 13.1. The molecule has 0 fully saturated rings. The van der Waals surface area contributed by atoms with Crippen molar-refractivity contribution >= 4 is 13.7 Å². The lowest BCUT2D eigenvalue weighted by atomic mass is 10.0. The summed E-state index contributed by atoms with van der Waals surface area (Å²) in [6.45, 7) is 4.79. The number of quaternary nitrogens is 1. The summed E-state index contributed by atoms with van der Waals surface area (Å²) in [5.74, 6) is -0.154. The fraction of sp³-hybridized carbons (Fsp3) is 0.959. The van der Waals surface area contributed by atoms with Crippen LogP contribution in [0.25, 0.3) is 0 Å². The third kappa shape index (κ3) is 66.8. The normalized spacial score (nSPS) is 13.6. The average Bonchev–Trinajstić information content (AvgIpc) is 3.47. The summed E-state index contributed by atoms with van der Waals surface area (Å²) in [7, 11) is 1.33. The molecule has 0 aliphatic heterocycles. The lowest BCUT2D eigenvalue weighted by Crippen LogP contribution is -2.46. The minimum absolute atomic E-state index is 0.0163. The number of rotatable bonds is 70. The highest BCUT2D eigenvalue weighted by molar-refractivity contribution is 7.45. The first-order chi connectivity index (χ1) is 40.0. The van der Waals surface area contributed by atoms with Crippen molar-refractivity contribution in [1.82, 2.24) is 5.32 Å². The quantitative estimate of drug-likeness (QED) is 0.0272. The van der Waals surface area contributed by atoms with Crippen molar-refractivity contribution < 1.29 is 32.9 Å². The number of carbonyl (C=O) groups is 1.